The predicted molar refractivity (Wildman–Crippen MR) is 53.0 cm³/mol. The lowest BCUT2D eigenvalue weighted by atomic mass is 10.2. The van der Waals surface area contributed by atoms with Crippen LogP contribution in [0.1, 0.15) is 10.5 Å². The van der Waals surface area contributed by atoms with Crippen LogP contribution in [-0.2, 0) is 7.05 Å². The van der Waals surface area contributed by atoms with Crippen LogP contribution in [0.4, 0.5) is 8.78 Å². The van der Waals surface area contributed by atoms with Crippen molar-refractivity contribution in [3.63, 3.8) is 0 Å². The van der Waals surface area contributed by atoms with Gasteiger partial charge in [-0.05, 0) is 23.7 Å². The quantitative estimate of drug-likeness (QED) is 0.690. The van der Waals surface area contributed by atoms with Gasteiger partial charge in [0.05, 0.1) is 5.52 Å². The molecule has 2 aromatic rings. The molecule has 0 aliphatic rings. The number of rotatable bonds is 1. The highest BCUT2D eigenvalue weighted by Crippen LogP contribution is 2.23. The molecule has 0 bridgehead atoms. The highest BCUT2D eigenvalue weighted by atomic mass is 35.5. The third-order valence-electron chi connectivity index (χ3n) is 2.25. The Morgan fingerprint density at radius 2 is 2.00 bits per heavy atom. The summed E-state index contributed by atoms with van der Waals surface area (Å²) in [4.78, 5) is 11.0. The minimum Gasteiger partial charge on any atom is -0.338 e. The molecule has 1 heterocycles. The van der Waals surface area contributed by atoms with Gasteiger partial charge in [0.1, 0.15) is 17.3 Å². The molecule has 1 aromatic heterocycles. The van der Waals surface area contributed by atoms with Gasteiger partial charge in [-0.15, -0.1) is 0 Å². The molecule has 0 unspecified atom stereocenters. The number of hydrogen-bond donors (Lipinski definition) is 0. The lowest BCUT2D eigenvalue weighted by Crippen LogP contribution is -1.99. The van der Waals surface area contributed by atoms with Gasteiger partial charge >= 0.3 is 0 Å². The molecule has 0 atom stereocenters. The molecule has 5 heteroatoms. The maximum Gasteiger partial charge on any atom is 0.268 e. The minimum atomic E-state index is -0.711. The first-order valence-electron chi connectivity index (χ1n) is 4.15. The fraction of sp³-hybridized carbons (Fsp3) is 0.100. The molecule has 0 saturated carbocycles. The van der Waals surface area contributed by atoms with E-state index in [0.717, 1.165) is 12.1 Å². The van der Waals surface area contributed by atoms with Crippen LogP contribution in [0.25, 0.3) is 10.9 Å². The molecule has 1 aromatic carbocycles. The number of hydrogen-bond acceptors (Lipinski definition) is 1. The third kappa shape index (κ3) is 1.51. The van der Waals surface area contributed by atoms with Crippen LogP contribution in [0.3, 0.4) is 0 Å². The molecular weight excluding hydrogens is 224 g/mol. The van der Waals surface area contributed by atoms with Crippen molar-refractivity contribution < 1.29 is 13.6 Å². The number of carbonyl (C=O) groups is 1. The Morgan fingerprint density at radius 1 is 1.33 bits per heavy atom. The third-order valence-corrected chi connectivity index (χ3v) is 2.44. The van der Waals surface area contributed by atoms with Gasteiger partial charge < -0.3 is 4.57 Å². The second-order valence-electron chi connectivity index (χ2n) is 3.19. The van der Waals surface area contributed by atoms with Gasteiger partial charge in [0.25, 0.3) is 5.24 Å². The second-order valence-corrected chi connectivity index (χ2v) is 3.53. The van der Waals surface area contributed by atoms with Crippen LogP contribution in [0.2, 0.25) is 0 Å². The number of nitrogens with zero attached hydrogens (tertiary/aromatic N) is 1. The van der Waals surface area contributed by atoms with Crippen molar-refractivity contribution in [1.82, 2.24) is 4.57 Å². The Hall–Kier alpha value is -1.42. The van der Waals surface area contributed by atoms with E-state index in [2.05, 4.69) is 0 Å². The molecule has 0 amide bonds. The van der Waals surface area contributed by atoms with Gasteiger partial charge in [-0.25, -0.2) is 8.78 Å². The molecule has 0 aliphatic heterocycles. The highest BCUT2D eigenvalue weighted by molar-refractivity contribution is 6.67. The van der Waals surface area contributed by atoms with E-state index in [4.69, 9.17) is 11.6 Å². The van der Waals surface area contributed by atoms with Gasteiger partial charge in [0.2, 0.25) is 0 Å². The van der Waals surface area contributed by atoms with Crippen LogP contribution in [0.5, 0.6) is 0 Å². The summed E-state index contributed by atoms with van der Waals surface area (Å²) in [6.07, 6.45) is 0. The Bertz CT molecular complexity index is 562. The first-order chi connectivity index (χ1) is 7.00. The van der Waals surface area contributed by atoms with Gasteiger partial charge in [0, 0.05) is 18.5 Å². The Morgan fingerprint density at radius 3 is 2.60 bits per heavy atom. The molecule has 2 rings (SSSR count). The number of aromatic nitrogens is 1. The minimum absolute atomic E-state index is 0.135. The lowest BCUT2D eigenvalue weighted by Gasteiger charge is -2.00. The van der Waals surface area contributed by atoms with Crippen molar-refractivity contribution in [3.8, 4) is 0 Å². The molecule has 0 N–H and O–H groups in total. The van der Waals surface area contributed by atoms with Crippen LogP contribution in [0, 0.1) is 11.6 Å². The maximum absolute atomic E-state index is 13.4. The van der Waals surface area contributed by atoms with Crippen molar-refractivity contribution in [2.24, 2.45) is 7.05 Å². The van der Waals surface area contributed by atoms with Gasteiger partial charge in [-0.3, -0.25) is 4.79 Å². The van der Waals surface area contributed by atoms with Gasteiger partial charge in [-0.1, -0.05) is 0 Å². The van der Waals surface area contributed by atoms with E-state index in [1.54, 1.807) is 0 Å². The molecule has 78 valence electrons. The molecule has 0 spiro atoms. The zero-order valence-corrected chi connectivity index (χ0v) is 8.48. The molecule has 0 aliphatic carbocycles. The van der Waals surface area contributed by atoms with E-state index in [1.165, 1.54) is 17.7 Å². The topological polar surface area (TPSA) is 22.0 Å². The summed E-state index contributed by atoms with van der Waals surface area (Å²) in [6.45, 7) is 0. The van der Waals surface area contributed by atoms with Gasteiger partial charge in [-0.2, -0.15) is 0 Å². The molecule has 0 saturated heterocycles. The Kier molecular flexibility index (Phi) is 2.23. The van der Waals surface area contributed by atoms with Gasteiger partial charge in [0.15, 0.2) is 0 Å². The standard InChI is InChI=1S/C10H6ClF2NO/c1-14-8(10(11)15)3-5-2-6(12)4-7(13)9(5)14/h2-4H,1H3. The van der Waals surface area contributed by atoms with Crippen LogP contribution in [0.15, 0.2) is 18.2 Å². The summed E-state index contributed by atoms with van der Waals surface area (Å²) in [7, 11) is 1.50. The first kappa shape index (κ1) is 10.1. The summed E-state index contributed by atoms with van der Waals surface area (Å²) < 4.78 is 27.5. The number of benzene rings is 1. The number of fused-ring (bicyclic) bond motifs is 1. The zero-order valence-electron chi connectivity index (χ0n) is 7.72. The Labute approximate surface area is 89.1 Å². The normalized spacial score (nSPS) is 10.9. The molecular formula is C10H6ClF2NO. The van der Waals surface area contributed by atoms with Crippen molar-refractivity contribution >= 4 is 27.7 Å². The lowest BCUT2D eigenvalue weighted by molar-refractivity contribution is 0.107. The monoisotopic (exact) mass is 229 g/mol. The summed E-state index contributed by atoms with van der Waals surface area (Å²) in [5.74, 6) is -1.39. The maximum atomic E-state index is 13.4. The van der Waals surface area contributed by atoms with Crippen molar-refractivity contribution in [2.75, 3.05) is 0 Å². The summed E-state index contributed by atoms with van der Waals surface area (Å²) in [5.41, 5.74) is 0.302. The van der Waals surface area contributed by atoms with Crippen LogP contribution < -0.4 is 0 Å². The smallest absolute Gasteiger partial charge is 0.268 e. The fourth-order valence-electron chi connectivity index (χ4n) is 1.60. The average Bonchev–Trinajstić information content (AvgIpc) is 2.42. The van der Waals surface area contributed by atoms with E-state index < -0.39 is 16.9 Å². The van der Waals surface area contributed by atoms with Crippen molar-refractivity contribution in [3.05, 3.63) is 35.5 Å². The fourth-order valence-corrected chi connectivity index (χ4v) is 1.78. The number of carbonyl (C=O) groups excluding carboxylic acids is 1. The summed E-state index contributed by atoms with van der Waals surface area (Å²) >= 11 is 5.30. The van der Waals surface area contributed by atoms with E-state index in [9.17, 15) is 13.6 Å². The van der Waals surface area contributed by atoms with E-state index in [0.29, 0.717) is 5.39 Å². The molecule has 2 nitrogen and oxygen atoms in total. The average molecular weight is 230 g/mol. The number of aryl methyl sites for hydroxylation is 1. The largest absolute Gasteiger partial charge is 0.338 e. The summed E-state index contributed by atoms with van der Waals surface area (Å²) in [5, 5.41) is -0.382. The molecule has 15 heavy (non-hydrogen) atoms. The van der Waals surface area contributed by atoms with E-state index in [1.807, 2.05) is 0 Å². The summed E-state index contributed by atoms with van der Waals surface area (Å²) in [6, 6.07) is 3.28. The van der Waals surface area contributed by atoms with Crippen LogP contribution in [-0.4, -0.2) is 9.81 Å². The Balaban J connectivity index is 2.88. The predicted octanol–water partition coefficient (Wildman–Crippen LogP) is 2.84. The molecule has 0 fully saturated rings. The zero-order chi connectivity index (χ0) is 11.2. The van der Waals surface area contributed by atoms with E-state index >= 15 is 0 Å². The van der Waals surface area contributed by atoms with Crippen molar-refractivity contribution in [1.29, 1.82) is 0 Å². The molecule has 0 radical (unpaired) electrons. The highest BCUT2D eigenvalue weighted by Gasteiger charge is 2.14. The van der Waals surface area contributed by atoms with Crippen molar-refractivity contribution in [2.45, 2.75) is 0 Å². The number of halogens is 3. The van der Waals surface area contributed by atoms with E-state index in [-0.39, 0.29) is 11.2 Å². The second kappa shape index (κ2) is 3.31. The SMILES string of the molecule is Cn1c(C(=O)Cl)cc2cc(F)cc(F)c21. The van der Waals surface area contributed by atoms with Crippen LogP contribution >= 0.6 is 11.6 Å². The first-order valence-corrected chi connectivity index (χ1v) is 4.53.